The molecule has 6 aromatic rings. The van der Waals surface area contributed by atoms with E-state index in [9.17, 15) is 34.4 Å². The average molecular weight is 927 g/mol. The molecular formula is C44H46F4N6O4S4. The van der Waals surface area contributed by atoms with Gasteiger partial charge in [-0.1, -0.05) is 36.4 Å². The van der Waals surface area contributed by atoms with E-state index in [1.807, 2.05) is 26.6 Å². The maximum Gasteiger partial charge on any atom is 0.246 e. The molecule has 328 valence electrons. The highest BCUT2D eigenvalue weighted by Gasteiger charge is 2.33. The van der Waals surface area contributed by atoms with E-state index in [-0.39, 0.29) is 26.2 Å². The van der Waals surface area contributed by atoms with Gasteiger partial charge < -0.3 is 9.80 Å². The maximum absolute atomic E-state index is 14.0. The lowest BCUT2D eigenvalue weighted by atomic mass is 9.99. The Bertz CT molecular complexity index is 2760. The van der Waals surface area contributed by atoms with E-state index in [0.717, 1.165) is 58.8 Å². The minimum atomic E-state index is -4.01. The Hall–Kier alpha value is -4.72. The molecular weight excluding hydrogens is 881 g/mol. The van der Waals surface area contributed by atoms with Crippen LogP contribution < -0.4 is 9.80 Å². The smallest absolute Gasteiger partial charge is 0.246 e. The van der Waals surface area contributed by atoms with Gasteiger partial charge in [-0.3, -0.25) is 0 Å². The number of aromatic nitrogens is 2. The molecule has 4 aromatic carbocycles. The van der Waals surface area contributed by atoms with E-state index in [1.165, 1.54) is 53.3 Å². The molecule has 0 amide bonds. The number of hydrogen-bond acceptors (Lipinski definition) is 10. The lowest BCUT2D eigenvalue weighted by Crippen LogP contribution is -2.48. The molecule has 2 aliphatic rings. The molecule has 0 unspecified atom stereocenters. The van der Waals surface area contributed by atoms with E-state index in [2.05, 4.69) is 58.0 Å². The number of nitrogens with zero attached hydrogens (tertiary/aromatic N) is 6. The highest BCUT2D eigenvalue weighted by molar-refractivity contribution is 7.89. The van der Waals surface area contributed by atoms with Gasteiger partial charge >= 0.3 is 0 Å². The summed E-state index contributed by atoms with van der Waals surface area (Å²) in [6.07, 6.45) is 1.51. The number of hydrogen-bond donors (Lipinski definition) is 0. The van der Waals surface area contributed by atoms with Gasteiger partial charge in [0.2, 0.25) is 20.0 Å². The molecule has 2 aliphatic heterocycles. The van der Waals surface area contributed by atoms with Gasteiger partial charge in [0.05, 0.1) is 11.4 Å². The van der Waals surface area contributed by atoms with Crippen molar-refractivity contribution in [2.75, 3.05) is 62.2 Å². The van der Waals surface area contributed by atoms with Crippen LogP contribution in [0.25, 0.3) is 0 Å². The molecule has 10 nitrogen and oxygen atoms in total. The molecule has 18 heteroatoms. The van der Waals surface area contributed by atoms with Gasteiger partial charge in [-0.05, 0) is 85.3 Å². The second-order valence-electron chi connectivity index (χ2n) is 15.3. The lowest BCUT2D eigenvalue weighted by Gasteiger charge is -2.33. The molecule has 0 N–H and O–H groups in total. The molecule has 0 atom stereocenters. The zero-order chi connectivity index (χ0) is 44.3. The highest BCUT2D eigenvalue weighted by atomic mass is 32.2. The fraction of sp³-hybridized carbons (Fsp3) is 0.318. The van der Waals surface area contributed by atoms with E-state index < -0.39 is 53.1 Å². The summed E-state index contributed by atoms with van der Waals surface area (Å²) in [5.74, 6) is -3.75. The van der Waals surface area contributed by atoms with Crippen LogP contribution in [-0.4, -0.2) is 87.8 Å². The van der Waals surface area contributed by atoms with Gasteiger partial charge in [0, 0.05) is 88.1 Å². The normalized spacial score (nSPS) is 15.4. The number of anilines is 2. The third-order valence-electron chi connectivity index (χ3n) is 11.2. The van der Waals surface area contributed by atoms with Gasteiger partial charge in [0.15, 0.2) is 10.3 Å². The van der Waals surface area contributed by atoms with Crippen molar-refractivity contribution >= 4 is 53.0 Å². The topological polar surface area (TPSA) is 107 Å². The lowest BCUT2D eigenvalue weighted by molar-refractivity contribution is 0.381. The number of benzene rings is 4. The Morgan fingerprint density at radius 1 is 0.548 bits per heavy atom. The van der Waals surface area contributed by atoms with E-state index in [1.54, 1.807) is 11.3 Å². The summed E-state index contributed by atoms with van der Waals surface area (Å²) in [7, 11) is -8.02. The summed E-state index contributed by atoms with van der Waals surface area (Å²) in [5.41, 5.74) is 9.48. The third-order valence-corrected chi connectivity index (χ3v) is 17.0. The first-order valence-corrected chi connectivity index (χ1v) is 24.5. The largest absolute Gasteiger partial charge is 0.345 e. The number of halogens is 4. The minimum Gasteiger partial charge on any atom is -0.345 e. The molecule has 8 rings (SSSR count). The molecule has 0 spiro atoms. The zero-order valence-corrected chi connectivity index (χ0v) is 37.9. The van der Waals surface area contributed by atoms with E-state index in [4.69, 9.17) is 9.97 Å². The number of piperazine rings is 2. The van der Waals surface area contributed by atoms with Gasteiger partial charge in [-0.15, -0.1) is 22.7 Å². The predicted octanol–water partition coefficient (Wildman–Crippen LogP) is 8.28. The van der Waals surface area contributed by atoms with Crippen LogP contribution in [0.3, 0.4) is 0 Å². The second kappa shape index (κ2) is 18.9. The van der Waals surface area contributed by atoms with Gasteiger partial charge in [0.25, 0.3) is 0 Å². The van der Waals surface area contributed by atoms with Crippen LogP contribution in [0.15, 0.2) is 93.3 Å². The van der Waals surface area contributed by atoms with Crippen molar-refractivity contribution < 1.29 is 34.4 Å². The first-order chi connectivity index (χ1) is 29.5. The minimum absolute atomic E-state index is 0.213. The quantitative estimate of drug-likeness (QED) is 0.127. The van der Waals surface area contributed by atoms with Crippen molar-refractivity contribution in [2.45, 2.75) is 50.3 Å². The average Bonchev–Trinajstić information content (AvgIpc) is 3.91. The first kappa shape index (κ1) is 45.3. The van der Waals surface area contributed by atoms with Crippen LogP contribution in [0.2, 0.25) is 0 Å². The van der Waals surface area contributed by atoms with Crippen molar-refractivity contribution in [1.29, 1.82) is 0 Å². The molecule has 2 fully saturated rings. The SMILES string of the molecule is Cc1cccc(C)c1Cc1csc(N2CCN(S(=O)(=O)c3ccc(F)cc3F)CC2)n1.Cc1cccc(Cc2csc(N3CCN(S(=O)(=O)c4ccc(F)cc4F)CC3)n2)c1C. The van der Waals surface area contributed by atoms with Gasteiger partial charge in [-0.25, -0.2) is 44.4 Å². The Kier molecular flexibility index (Phi) is 13.8. The van der Waals surface area contributed by atoms with E-state index in [0.29, 0.717) is 38.3 Å². The Balaban J connectivity index is 0.000000186. The summed E-state index contributed by atoms with van der Waals surface area (Å²) in [6.45, 7) is 11.1. The monoisotopic (exact) mass is 926 g/mol. The summed E-state index contributed by atoms with van der Waals surface area (Å²) < 4.78 is 108. The van der Waals surface area contributed by atoms with Gasteiger partial charge in [0.1, 0.15) is 33.1 Å². The van der Waals surface area contributed by atoms with E-state index >= 15 is 0 Å². The van der Waals surface area contributed by atoms with Crippen molar-refractivity contribution in [3.8, 4) is 0 Å². The summed E-state index contributed by atoms with van der Waals surface area (Å²) in [6, 6.07) is 17.6. The molecule has 4 heterocycles. The number of sulfonamides is 2. The number of rotatable bonds is 10. The van der Waals surface area contributed by atoms with Crippen molar-refractivity contribution in [2.24, 2.45) is 0 Å². The van der Waals surface area contributed by atoms with Crippen LogP contribution in [-0.2, 0) is 32.9 Å². The van der Waals surface area contributed by atoms with Crippen LogP contribution in [0, 0.1) is 51.0 Å². The zero-order valence-electron chi connectivity index (χ0n) is 34.6. The molecule has 2 saturated heterocycles. The number of aryl methyl sites for hydroxylation is 3. The Labute approximate surface area is 368 Å². The third kappa shape index (κ3) is 10.1. The van der Waals surface area contributed by atoms with Crippen molar-refractivity contribution in [3.05, 3.63) is 152 Å². The van der Waals surface area contributed by atoms with Crippen molar-refractivity contribution in [3.63, 3.8) is 0 Å². The fourth-order valence-electron chi connectivity index (χ4n) is 7.44. The van der Waals surface area contributed by atoms with Crippen LogP contribution >= 0.6 is 22.7 Å². The summed E-state index contributed by atoms with van der Waals surface area (Å²) in [4.78, 5) is 12.6. The van der Waals surface area contributed by atoms with Gasteiger partial charge in [-0.2, -0.15) is 8.61 Å². The molecule has 0 radical (unpaired) electrons. The summed E-state index contributed by atoms with van der Waals surface area (Å²) in [5, 5.41) is 5.78. The molecule has 0 bridgehead atoms. The maximum atomic E-state index is 14.0. The van der Waals surface area contributed by atoms with Crippen LogP contribution in [0.4, 0.5) is 27.8 Å². The predicted molar refractivity (Wildman–Crippen MR) is 236 cm³/mol. The van der Waals surface area contributed by atoms with Crippen molar-refractivity contribution in [1.82, 2.24) is 18.6 Å². The fourth-order valence-corrected chi connectivity index (χ4v) is 12.1. The second-order valence-corrected chi connectivity index (χ2v) is 20.7. The first-order valence-electron chi connectivity index (χ1n) is 19.9. The Morgan fingerprint density at radius 2 is 0.968 bits per heavy atom. The standard InChI is InChI=1S/2C22H23F2N3O2S2/c1-15-4-3-5-17(16(15)2)12-19-14-30-22(25-19)26-8-10-27(11-9-26)31(28,29)21-7-6-18(23)13-20(21)24;1-15-4-3-5-16(2)19(15)13-18-14-30-22(25-18)26-8-10-27(11-9-26)31(28,29)21-7-6-17(23)12-20(21)24/h3-7,13-14H,8-12H2,1-2H3;3-7,12,14H,8-11,13H2,1-2H3. The summed E-state index contributed by atoms with van der Waals surface area (Å²) >= 11 is 3.08. The highest BCUT2D eigenvalue weighted by Crippen LogP contribution is 2.29. The van der Waals surface area contributed by atoms with Crippen LogP contribution in [0.5, 0.6) is 0 Å². The molecule has 62 heavy (non-hydrogen) atoms. The molecule has 0 saturated carbocycles. The molecule has 0 aliphatic carbocycles. The number of thiazole rings is 2. The van der Waals surface area contributed by atoms with Crippen LogP contribution in [0.1, 0.15) is 44.8 Å². The Morgan fingerprint density at radius 3 is 1.42 bits per heavy atom. The molecule has 2 aromatic heterocycles.